The molecule has 0 N–H and O–H groups in total. The summed E-state index contributed by atoms with van der Waals surface area (Å²) >= 11 is 0. The molecular weight excluding hydrogens is 196 g/mol. The van der Waals surface area contributed by atoms with E-state index in [0.717, 1.165) is 13.0 Å². The van der Waals surface area contributed by atoms with Crippen LogP contribution in [-0.4, -0.2) is 6.10 Å². The number of benzene rings is 1. The molecule has 1 nitrogen and oxygen atoms in total. The Labute approximate surface area is 98.8 Å². The van der Waals surface area contributed by atoms with E-state index in [2.05, 4.69) is 31.2 Å². The molecule has 2 rings (SSSR count). The van der Waals surface area contributed by atoms with Gasteiger partial charge in [-0.05, 0) is 24.0 Å². The summed E-state index contributed by atoms with van der Waals surface area (Å²) < 4.78 is 5.88. The molecule has 1 aromatic carbocycles. The lowest BCUT2D eigenvalue weighted by molar-refractivity contribution is 0.0217. The van der Waals surface area contributed by atoms with Gasteiger partial charge in [-0.3, -0.25) is 0 Å². The molecule has 16 heavy (non-hydrogen) atoms. The van der Waals surface area contributed by atoms with Crippen LogP contribution in [0.1, 0.15) is 50.2 Å². The lowest BCUT2D eigenvalue weighted by Crippen LogP contribution is -2.22. The van der Waals surface area contributed by atoms with Crippen LogP contribution in [0, 0.1) is 0 Å². The highest BCUT2D eigenvalue weighted by Crippen LogP contribution is 2.23. The number of rotatable bonds is 5. The van der Waals surface area contributed by atoms with Crippen molar-refractivity contribution in [2.24, 2.45) is 0 Å². The second-order valence-electron chi connectivity index (χ2n) is 4.76. The molecule has 1 aliphatic heterocycles. The summed E-state index contributed by atoms with van der Waals surface area (Å²) in [5.41, 5.74) is 2.88. The van der Waals surface area contributed by atoms with E-state index in [9.17, 15) is 0 Å². The molecule has 0 saturated carbocycles. The van der Waals surface area contributed by atoms with Crippen LogP contribution in [0.3, 0.4) is 0 Å². The molecule has 88 valence electrons. The van der Waals surface area contributed by atoms with E-state index in [0.29, 0.717) is 6.10 Å². The van der Waals surface area contributed by atoms with Gasteiger partial charge >= 0.3 is 0 Å². The standard InChI is InChI=1S/C15H22O/c1-2-3-4-5-10-15-11-13-8-6-7-9-14(13)12-16-15/h6-9,15H,2-5,10-12H2,1H3. The Kier molecular flexibility index (Phi) is 4.41. The third-order valence-corrected chi connectivity index (χ3v) is 3.42. The van der Waals surface area contributed by atoms with Crippen LogP contribution in [0.5, 0.6) is 0 Å². The fraction of sp³-hybridized carbons (Fsp3) is 0.600. The summed E-state index contributed by atoms with van der Waals surface area (Å²) in [6, 6.07) is 8.67. The first-order valence-corrected chi connectivity index (χ1v) is 6.58. The summed E-state index contributed by atoms with van der Waals surface area (Å²) in [6.07, 6.45) is 8.17. The molecule has 1 heteroatoms. The van der Waals surface area contributed by atoms with Gasteiger partial charge in [-0.1, -0.05) is 56.9 Å². The topological polar surface area (TPSA) is 9.23 Å². The average molecular weight is 218 g/mol. The summed E-state index contributed by atoms with van der Waals surface area (Å²) in [5, 5.41) is 0. The van der Waals surface area contributed by atoms with Crippen LogP contribution in [0.15, 0.2) is 24.3 Å². The second kappa shape index (κ2) is 6.05. The Morgan fingerprint density at radius 2 is 1.94 bits per heavy atom. The molecule has 1 unspecified atom stereocenters. The quantitative estimate of drug-likeness (QED) is 0.676. The van der Waals surface area contributed by atoms with Gasteiger partial charge in [0, 0.05) is 0 Å². The molecule has 1 atom stereocenters. The molecular formula is C15H22O. The highest BCUT2D eigenvalue weighted by molar-refractivity contribution is 5.28. The van der Waals surface area contributed by atoms with Crippen LogP contribution >= 0.6 is 0 Å². The summed E-state index contributed by atoms with van der Waals surface area (Å²) in [6.45, 7) is 3.07. The number of hydrogen-bond donors (Lipinski definition) is 0. The highest BCUT2D eigenvalue weighted by Gasteiger charge is 2.17. The van der Waals surface area contributed by atoms with Gasteiger partial charge in [0.05, 0.1) is 12.7 Å². The van der Waals surface area contributed by atoms with Gasteiger partial charge < -0.3 is 4.74 Å². The molecule has 0 aromatic heterocycles. The maximum Gasteiger partial charge on any atom is 0.0723 e. The SMILES string of the molecule is CCCCCCC1Cc2ccccc2CO1. The minimum absolute atomic E-state index is 0.465. The lowest BCUT2D eigenvalue weighted by atomic mass is 9.96. The van der Waals surface area contributed by atoms with Crippen LogP contribution < -0.4 is 0 Å². The van der Waals surface area contributed by atoms with Crippen molar-refractivity contribution >= 4 is 0 Å². The maximum absolute atomic E-state index is 5.88. The predicted molar refractivity (Wildman–Crippen MR) is 67.5 cm³/mol. The first-order valence-electron chi connectivity index (χ1n) is 6.58. The number of fused-ring (bicyclic) bond motifs is 1. The van der Waals surface area contributed by atoms with Gasteiger partial charge in [-0.25, -0.2) is 0 Å². The largest absolute Gasteiger partial charge is 0.373 e. The molecule has 0 spiro atoms. The molecule has 0 saturated heterocycles. The van der Waals surface area contributed by atoms with Crippen molar-refractivity contribution in [3.05, 3.63) is 35.4 Å². The molecule has 1 heterocycles. The molecule has 0 amide bonds. The Hall–Kier alpha value is -0.820. The van der Waals surface area contributed by atoms with Crippen LogP contribution in [0.4, 0.5) is 0 Å². The molecule has 0 bridgehead atoms. The van der Waals surface area contributed by atoms with Gasteiger partial charge in [-0.2, -0.15) is 0 Å². The maximum atomic E-state index is 5.88. The van der Waals surface area contributed by atoms with Crippen LogP contribution in [-0.2, 0) is 17.8 Å². The van der Waals surface area contributed by atoms with Gasteiger partial charge in [0.1, 0.15) is 0 Å². The van der Waals surface area contributed by atoms with Crippen molar-refractivity contribution in [3.63, 3.8) is 0 Å². The first kappa shape index (κ1) is 11.7. The van der Waals surface area contributed by atoms with Gasteiger partial charge in [0.2, 0.25) is 0 Å². The predicted octanol–water partition coefficient (Wildman–Crippen LogP) is 4.10. The highest BCUT2D eigenvalue weighted by atomic mass is 16.5. The van der Waals surface area contributed by atoms with E-state index in [-0.39, 0.29) is 0 Å². The minimum Gasteiger partial charge on any atom is -0.373 e. The van der Waals surface area contributed by atoms with Crippen molar-refractivity contribution in [2.75, 3.05) is 0 Å². The van der Waals surface area contributed by atoms with E-state index in [1.165, 1.54) is 43.2 Å². The van der Waals surface area contributed by atoms with Gasteiger partial charge in [0.15, 0.2) is 0 Å². The fourth-order valence-electron chi connectivity index (χ4n) is 2.39. The van der Waals surface area contributed by atoms with Crippen molar-refractivity contribution < 1.29 is 4.74 Å². The zero-order valence-electron chi connectivity index (χ0n) is 10.2. The molecule has 0 fully saturated rings. The molecule has 1 aromatic rings. The zero-order chi connectivity index (χ0) is 11.2. The lowest BCUT2D eigenvalue weighted by Gasteiger charge is -2.25. The van der Waals surface area contributed by atoms with E-state index in [1.807, 2.05) is 0 Å². The van der Waals surface area contributed by atoms with Crippen molar-refractivity contribution in [3.8, 4) is 0 Å². The fourth-order valence-corrected chi connectivity index (χ4v) is 2.39. The van der Waals surface area contributed by atoms with Crippen molar-refractivity contribution in [2.45, 2.75) is 58.2 Å². The van der Waals surface area contributed by atoms with Crippen LogP contribution in [0.25, 0.3) is 0 Å². The van der Waals surface area contributed by atoms with Gasteiger partial charge in [-0.15, -0.1) is 0 Å². The summed E-state index contributed by atoms with van der Waals surface area (Å²) in [5.74, 6) is 0. The van der Waals surface area contributed by atoms with Crippen LogP contribution in [0.2, 0.25) is 0 Å². The number of hydrogen-bond acceptors (Lipinski definition) is 1. The normalized spacial score (nSPS) is 19.4. The Morgan fingerprint density at radius 3 is 2.75 bits per heavy atom. The Bertz CT molecular complexity index is 319. The number of ether oxygens (including phenoxy) is 1. The first-order chi connectivity index (χ1) is 7.90. The smallest absolute Gasteiger partial charge is 0.0723 e. The van der Waals surface area contributed by atoms with Gasteiger partial charge in [0.25, 0.3) is 0 Å². The average Bonchev–Trinajstić information content (AvgIpc) is 2.34. The zero-order valence-corrected chi connectivity index (χ0v) is 10.2. The third kappa shape index (κ3) is 3.08. The monoisotopic (exact) mass is 218 g/mol. The summed E-state index contributed by atoms with van der Waals surface area (Å²) in [7, 11) is 0. The molecule has 1 aliphatic rings. The number of unbranched alkanes of at least 4 members (excludes halogenated alkanes) is 3. The molecule has 0 aliphatic carbocycles. The van der Waals surface area contributed by atoms with E-state index in [1.54, 1.807) is 0 Å². The van der Waals surface area contributed by atoms with Crippen molar-refractivity contribution in [1.82, 2.24) is 0 Å². The van der Waals surface area contributed by atoms with E-state index >= 15 is 0 Å². The van der Waals surface area contributed by atoms with E-state index in [4.69, 9.17) is 4.74 Å². The molecule has 0 radical (unpaired) electrons. The second-order valence-corrected chi connectivity index (χ2v) is 4.76. The Morgan fingerprint density at radius 1 is 1.12 bits per heavy atom. The van der Waals surface area contributed by atoms with Crippen molar-refractivity contribution in [1.29, 1.82) is 0 Å². The minimum atomic E-state index is 0.465. The Balaban J connectivity index is 1.79. The third-order valence-electron chi connectivity index (χ3n) is 3.42. The summed E-state index contributed by atoms with van der Waals surface area (Å²) in [4.78, 5) is 0. The van der Waals surface area contributed by atoms with E-state index < -0.39 is 0 Å².